The Kier molecular flexibility index (Phi) is 3.97. The molecule has 4 heteroatoms. The summed E-state index contributed by atoms with van der Waals surface area (Å²) in [5.74, 6) is 0.780. The normalized spacial score (nSPS) is 14.8. The molecule has 3 nitrogen and oxygen atoms in total. The predicted octanol–water partition coefficient (Wildman–Crippen LogP) is 3.29. The first-order valence-corrected chi connectivity index (χ1v) is 8.97. The number of nitrogens with zero attached hydrogens (tertiary/aromatic N) is 1. The van der Waals surface area contributed by atoms with E-state index in [9.17, 15) is 5.26 Å². The Labute approximate surface area is 104 Å². The Morgan fingerprint density at radius 1 is 1.18 bits per heavy atom. The van der Waals surface area contributed by atoms with E-state index in [2.05, 4.69) is 25.7 Å². The Morgan fingerprint density at radius 2 is 1.71 bits per heavy atom. The minimum atomic E-state index is -1.77. The van der Waals surface area contributed by atoms with Crippen LogP contribution in [0, 0.1) is 11.3 Å². The minimum absolute atomic E-state index is 0.780. The second-order valence-corrected chi connectivity index (χ2v) is 9.52. The van der Waals surface area contributed by atoms with E-state index < -0.39 is 13.9 Å². The summed E-state index contributed by atoms with van der Waals surface area (Å²) >= 11 is 0. The van der Waals surface area contributed by atoms with Crippen molar-refractivity contribution in [3.05, 3.63) is 29.8 Å². The number of hydrogen-bond acceptors (Lipinski definition) is 3. The van der Waals surface area contributed by atoms with Crippen molar-refractivity contribution in [3.8, 4) is 11.8 Å². The van der Waals surface area contributed by atoms with Gasteiger partial charge in [-0.05, 0) is 44.3 Å². The molecule has 1 atom stereocenters. The van der Waals surface area contributed by atoms with E-state index in [1.807, 2.05) is 31.2 Å². The minimum Gasteiger partial charge on any atom is -0.497 e. The van der Waals surface area contributed by atoms with Crippen molar-refractivity contribution in [2.45, 2.75) is 32.2 Å². The third-order valence-electron chi connectivity index (χ3n) is 2.36. The number of rotatable bonds is 4. The van der Waals surface area contributed by atoms with Crippen molar-refractivity contribution in [1.82, 2.24) is 0 Å². The van der Waals surface area contributed by atoms with Gasteiger partial charge in [0.1, 0.15) is 11.8 Å². The zero-order valence-electron chi connectivity index (χ0n) is 11.1. The topological polar surface area (TPSA) is 42.2 Å². The average Bonchev–Trinajstić information content (AvgIpc) is 2.27. The van der Waals surface area contributed by atoms with Gasteiger partial charge >= 0.3 is 0 Å². The van der Waals surface area contributed by atoms with Crippen LogP contribution in [-0.2, 0) is 10.0 Å². The van der Waals surface area contributed by atoms with Gasteiger partial charge in [0.2, 0.25) is 0 Å². The van der Waals surface area contributed by atoms with Crippen molar-refractivity contribution in [2.24, 2.45) is 0 Å². The molecule has 0 amide bonds. The van der Waals surface area contributed by atoms with E-state index >= 15 is 0 Å². The predicted molar refractivity (Wildman–Crippen MR) is 70.4 cm³/mol. The summed E-state index contributed by atoms with van der Waals surface area (Å²) in [7, 11) is -0.150. The summed E-state index contributed by atoms with van der Waals surface area (Å²) in [5.41, 5.74) is -0.0141. The largest absolute Gasteiger partial charge is 0.497 e. The third kappa shape index (κ3) is 3.58. The zero-order valence-corrected chi connectivity index (χ0v) is 12.1. The van der Waals surface area contributed by atoms with E-state index in [0.29, 0.717) is 0 Å². The Bertz CT molecular complexity index is 417. The molecule has 0 spiro atoms. The van der Waals surface area contributed by atoms with Crippen LogP contribution in [-0.4, -0.2) is 15.4 Å². The smallest absolute Gasteiger partial charge is 0.186 e. The van der Waals surface area contributed by atoms with Gasteiger partial charge in [0.05, 0.1) is 7.11 Å². The third-order valence-corrected chi connectivity index (χ3v) is 3.39. The molecule has 0 aromatic heterocycles. The van der Waals surface area contributed by atoms with Gasteiger partial charge in [0.15, 0.2) is 13.9 Å². The molecule has 0 saturated carbocycles. The van der Waals surface area contributed by atoms with Gasteiger partial charge in [-0.2, -0.15) is 5.26 Å². The maximum Gasteiger partial charge on any atom is 0.186 e. The summed E-state index contributed by atoms with van der Waals surface area (Å²) in [5, 5.41) is 9.34. The van der Waals surface area contributed by atoms with Gasteiger partial charge in [-0.15, -0.1) is 0 Å². The van der Waals surface area contributed by atoms with E-state index in [4.69, 9.17) is 9.16 Å². The first-order valence-electron chi connectivity index (χ1n) is 5.57. The van der Waals surface area contributed by atoms with Gasteiger partial charge in [-0.25, -0.2) is 0 Å². The van der Waals surface area contributed by atoms with E-state index in [0.717, 1.165) is 11.3 Å². The second-order valence-electron chi connectivity index (χ2n) is 5.09. The van der Waals surface area contributed by atoms with Crippen LogP contribution in [0.4, 0.5) is 0 Å². The molecule has 1 aromatic rings. The maximum absolute atomic E-state index is 9.34. The molecule has 0 saturated heterocycles. The van der Waals surface area contributed by atoms with Crippen LogP contribution in [0.25, 0.3) is 0 Å². The fourth-order valence-corrected chi connectivity index (χ4v) is 3.06. The van der Waals surface area contributed by atoms with Crippen molar-refractivity contribution < 1.29 is 9.16 Å². The summed E-state index contributed by atoms with van der Waals surface area (Å²) in [6, 6.07) is 9.71. The highest BCUT2D eigenvalue weighted by Crippen LogP contribution is 2.29. The first-order chi connectivity index (χ1) is 7.80. The molecule has 1 aromatic carbocycles. The van der Waals surface area contributed by atoms with E-state index in [1.54, 1.807) is 7.11 Å². The maximum atomic E-state index is 9.34. The van der Waals surface area contributed by atoms with E-state index in [1.165, 1.54) is 0 Å². The summed E-state index contributed by atoms with van der Waals surface area (Å²) < 4.78 is 11.1. The van der Waals surface area contributed by atoms with Gasteiger partial charge in [0, 0.05) is 0 Å². The number of nitriles is 1. The monoisotopic (exact) mass is 249 g/mol. The molecule has 0 aliphatic carbocycles. The van der Waals surface area contributed by atoms with Crippen LogP contribution < -0.4 is 4.74 Å². The van der Waals surface area contributed by atoms with E-state index in [-0.39, 0.29) is 0 Å². The van der Waals surface area contributed by atoms with Gasteiger partial charge in [-0.1, -0.05) is 12.1 Å². The first kappa shape index (κ1) is 13.8. The van der Waals surface area contributed by atoms with Crippen molar-refractivity contribution >= 4 is 8.32 Å². The molecule has 17 heavy (non-hydrogen) atoms. The van der Waals surface area contributed by atoms with Crippen LogP contribution >= 0.6 is 0 Å². The molecule has 0 radical (unpaired) electrons. The van der Waals surface area contributed by atoms with Crippen molar-refractivity contribution in [2.75, 3.05) is 7.11 Å². The van der Waals surface area contributed by atoms with Crippen LogP contribution in [0.5, 0.6) is 5.75 Å². The Hall–Kier alpha value is -1.31. The Balaban J connectivity index is 3.04. The lowest BCUT2D eigenvalue weighted by Gasteiger charge is -2.30. The molecular formula is C13H19NO2Si. The lowest BCUT2D eigenvalue weighted by Crippen LogP contribution is -2.37. The molecule has 92 valence electrons. The van der Waals surface area contributed by atoms with Crippen molar-refractivity contribution in [1.29, 1.82) is 5.26 Å². The molecule has 0 unspecified atom stereocenters. The van der Waals surface area contributed by atoms with Crippen LogP contribution in [0.2, 0.25) is 19.6 Å². The molecule has 0 bridgehead atoms. The SMILES string of the molecule is COc1ccc([C@@](C)(C#N)O[Si](C)(C)C)cc1. The molecular weight excluding hydrogens is 230 g/mol. The molecule has 0 fully saturated rings. The lowest BCUT2D eigenvalue weighted by molar-refractivity contribution is 0.141. The summed E-state index contributed by atoms with van der Waals surface area (Å²) in [6.45, 7) is 8.04. The van der Waals surface area contributed by atoms with Gasteiger partial charge in [-0.3, -0.25) is 0 Å². The zero-order chi connectivity index (χ0) is 13.1. The number of methoxy groups -OCH3 is 1. The van der Waals surface area contributed by atoms with Crippen LogP contribution in [0.1, 0.15) is 12.5 Å². The summed E-state index contributed by atoms with van der Waals surface area (Å²) in [4.78, 5) is 0. The average molecular weight is 249 g/mol. The quantitative estimate of drug-likeness (QED) is 0.769. The summed E-state index contributed by atoms with van der Waals surface area (Å²) in [6.07, 6.45) is 0. The molecule has 1 rings (SSSR count). The highest BCUT2D eigenvalue weighted by Gasteiger charge is 2.33. The van der Waals surface area contributed by atoms with Gasteiger partial charge < -0.3 is 9.16 Å². The highest BCUT2D eigenvalue weighted by molar-refractivity contribution is 6.69. The fraction of sp³-hybridized carbons (Fsp3) is 0.462. The molecule has 0 N–H and O–H groups in total. The van der Waals surface area contributed by atoms with Crippen LogP contribution in [0.15, 0.2) is 24.3 Å². The fourth-order valence-electron chi connectivity index (χ4n) is 1.67. The standard InChI is InChI=1S/C13H19NO2Si/c1-13(10-14,16-17(3,4)5)11-6-8-12(15-2)9-7-11/h6-9H,1-5H3/t13-/m1/s1. The molecule has 0 aliphatic heterocycles. The molecule has 0 aliphatic rings. The van der Waals surface area contributed by atoms with Gasteiger partial charge in [0.25, 0.3) is 0 Å². The van der Waals surface area contributed by atoms with Crippen LogP contribution in [0.3, 0.4) is 0 Å². The highest BCUT2D eigenvalue weighted by atomic mass is 28.4. The number of benzene rings is 1. The number of ether oxygens (including phenoxy) is 1. The number of hydrogen-bond donors (Lipinski definition) is 0. The van der Waals surface area contributed by atoms with Crippen molar-refractivity contribution in [3.63, 3.8) is 0 Å². The Morgan fingerprint density at radius 3 is 2.06 bits per heavy atom. The second kappa shape index (κ2) is 4.90. The molecule has 0 heterocycles. The lowest BCUT2D eigenvalue weighted by atomic mass is 9.98.